The fraction of sp³-hybridized carbons (Fsp3) is 0.182. The number of methoxy groups -OCH3 is 2. The average molecular weight is 717 g/mol. The third-order valence-corrected chi connectivity index (χ3v) is 9.39. The second-order valence-corrected chi connectivity index (χ2v) is 12.9. The maximum atomic E-state index is 12.8. The molecule has 1 N–H and O–H groups in total. The van der Waals surface area contributed by atoms with E-state index in [0.717, 1.165) is 87.1 Å². The van der Waals surface area contributed by atoms with E-state index in [4.69, 9.17) is 14.5 Å². The van der Waals surface area contributed by atoms with Crippen molar-refractivity contribution in [3.63, 3.8) is 0 Å². The van der Waals surface area contributed by atoms with E-state index >= 15 is 0 Å². The zero-order valence-electron chi connectivity index (χ0n) is 30.2. The van der Waals surface area contributed by atoms with Crippen LogP contribution in [0.5, 0.6) is 11.5 Å². The molecule has 8 rings (SSSR count). The molecular formula is C44H40N6O4. The van der Waals surface area contributed by atoms with Gasteiger partial charge in [-0.15, -0.1) is 0 Å². The van der Waals surface area contributed by atoms with E-state index in [2.05, 4.69) is 20.3 Å². The third kappa shape index (κ3) is 8.18. The summed E-state index contributed by atoms with van der Waals surface area (Å²) in [4.78, 5) is 45.3. The molecule has 5 heterocycles. The van der Waals surface area contributed by atoms with E-state index in [1.54, 1.807) is 51.1 Å². The number of carbonyl (C=O) groups excluding carboxylic acids is 2. The molecule has 2 amide bonds. The van der Waals surface area contributed by atoms with Crippen molar-refractivity contribution in [2.24, 2.45) is 0 Å². The highest BCUT2D eigenvalue weighted by molar-refractivity contribution is 5.99. The van der Waals surface area contributed by atoms with Crippen LogP contribution in [0.4, 0.5) is 0 Å². The van der Waals surface area contributed by atoms with Gasteiger partial charge in [0.2, 0.25) is 0 Å². The van der Waals surface area contributed by atoms with Crippen LogP contribution in [0, 0.1) is 0 Å². The lowest BCUT2D eigenvalue weighted by Gasteiger charge is -2.26. The number of pyridine rings is 4. The summed E-state index contributed by atoms with van der Waals surface area (Å²) in [5, 5.41) is 4.73. The van der Waals surface area contributed by atoms with Crippen LogP contribution in [0.15, 0.2) is 128 Å². The molecule has 0 spiro atoms. The van der Waals surface area contributed by atoms with E-state index in [1.165, 1.54) is 6.42 Å². The summed E-state index contributed by atoms with van der Waals surface area (Å²) in [5.41, 5.74) is 7.22. The Hall–Kier alpha value is -6.68. The molecule has 0 radical (unpaired) electrons. The van der Waals surface area contributed by atoms with Crippen LogP contribution < -0.4 is 14.8 Å². The summed E-state index contributed by atoms with van der Waals surface area (Å²) >= 11 is 0. The van der Waals surface area contributed by atoms with Gasteiger partial charge in [0.1, 0.15) is 22.9 Å². The quantitative estimate of drug-likeness (QED) is 0.167. The predicted molar refractivity (Wildman–Crippen MR) is 210 cm³/mol. The summed E-state index contributed by atoms with van der Waals surface area (Å²) in [7, 11) is 3.28. The van der Waals surface area contributed by atoms with Gasteiger partial charge in [-0.25, -0.2) is 9.97 Å². The van der Waals surface area contributed by atoms with Crippen LogP contribution in [-0.2, 0) is 6.54 Å². The number of benzene rings is 3. The first-order valence-corrected chi connectivity index (χ1v) is 17.9. The third-order valence-electron chi connectivity index (χ3n) is 9.39. The van der Waals surface area contributed by atoms with E-state index < -0.39 is 0 Å². The molecule has 4 aromatic heterocycles. The summed E-state index contributed by atoms with van der Waals surface area (Å²) in [5.74, 6) is 1.40. The molecule has 0 unspecified atom stereocenters. The second-order valence-electron chi connectivity index (χ2n) is 12.9. The molecule has 3 aromatic carbocycles. The maximum absolute atomic E-state index is 12.8. The Bertz CT molecular complexity index is 2380. The van der Waals surface area contributed by atoms with Crippen LogP contribution in [0.1, 0.15) is 45.8 Å². The Labute approximate surface area is 313 Å². The van der Waals surface area contributed by atoms with Crippen molar-refractivity contribution in [3.8, 4) is 33.8 Å². The zero-order valence-corrected chi connectivity index (χ0v) is 30.2. The molecule has 1 aliphatic heterocycles. The molecule has 1 saturated heterocycles. The number of amides is 2. The fourth-order valence-electron chi connectivity index (χ4n) is 6.42. The zero-order chi connectivity index (χ0) is 37.3. The van der Waals surface area contributed by atoms with Crippen LogP contribution in [0.3, 0.4) is 0 Å². The topological polar surface area (TPSA) is 119 Å². The molecule has 7 aromatic rings. The highest BCUT2D eigenvalue weighted by atomic mass is 16.5. The minimum atomic E-state index is -0.205. The largest absolute Gasteiger partial charge is 0.497 e. The van der Waals surface area contributed by atoms with E-state index in [-0.39, 0.29) is 11.8 Å². The number of hydrogen-bond acceptors (Lipinski definition) is 8. The summed E-state index contributed by atoms with van der Waals surface area (Å²) in [6.07, 6.45) is 10.4. The lowest BCUT2D eigenvalue weighted by atomic mass is 10.0. The van der Waals surface area contributed by atoms with Crippen molar-refractivity contribution in [1.29, 1.82) is 0 Å². The van der Waals surface area contributed by atoms with Gasteiger partial charge in [-0.3, -0.25) is 19.6 Å². The SMILES string of the molecule is COc1ccc(-c2cncc3ccc(C(=O)N4CCCCC4)nc23)cc1.COc1ccc(-c2cncc3ccc(C(=O)NCc4ccccc4)nc23)cc1. The Balaban J connectivity index is 0.000000167. The molecule has 0 bridgehead atoms. The minimum absolute atomic E-state index is 0.0177. The molecule has 10 nitrogen and oxygen atoms in total. The monoisotopic (exact) mass is 716 g/mol. The molecule has 270 valence electrons. The van der Waals surface area contributed by atoms with Crippen LogP contribution in [0.25, 0.3) is 44.1 Å². The number of likely N-dealkylation sites (tertiary alicyclic amines) is 1. The first kappa shape index (κ1) is 35.7. The molecule has 1 aliphatic rings. The first-order valence-electron chi connectivity index (χ1n) is 17.9. The van der Waals surface area contributed by atoms with Gasteiger partial charge >= 0.3 is 0 Å². The lowest BCUT2D eigenvalue weighted by Crippen LogP contribution is -2.36. The van der Waals surface area contributed by atoms with E-state index in [9.17, 15) is 9.59 Å². The van der Waals surface area contributed by atoms with Crippen molar-refractivity contribution in [2.75, 3.05) is 27.3 Å². The molecule has 0 atom stereocenters. The van der Waals surface area contributed by atoms with Gasteiger partial charge in [0, 0.05) is 66.3 Å². The predicted octanol–water partition coefficient (Wildman–Crippen LogP) is 8.17. The summed E-state index contributed by atoms with van der Waals surface area (Å²) in [6.45, 7) is 2.10. The standard InChI is InChI=1S/C23H19N3O2.C21H21N3O2/c1-28-19-10-7-17(8-11-19)20-15-24-14-18-9-12-21(26-22(18)20)23(27)25-13-16-5-3-2-4-6-16;1-26-17-8-5-15(6-9-17)18-14-22-13-16-7-10-19(23-20(16)18)21(25)24-11-3-2-4-12-24/h2-12,14-15H,13H2,1H3,(H,25,27);5-10,13-14H,2-4,11-12H2,1H3. The fourth-order valence-corrected chi connectivity index (χ4v) is 6.42. The number of nitrogens with zero attached hydrogens (tertiary/aromatic N) is 5. The second kappa shape index (κ2) is 16.8. The van der Waals surface area contributed by atoms with Crippen molar-refractivity contribution >= 4 is 33.6 Å². The number of nitrogens with one attached hydrogen (secondary N) is 1. The van der Waals surface area contributed by atoms with Gasteiger partial charge in [-0.2, -0.15) is 0 Å². The molecule has 0 aliphatic carbocycles. The number of carbonyl (C=O) groups is 2. The minimum Gasteiger partial charge on any atom is -0.497 e. The van der Waals surface area contributed by atoms with Crippen LogP contribution in [-0.4, -0.2) is 64.0 Å². The Morgan fingerprint density at radius 3 is 1.67 bits per heavy atom. The van der Waals surface area contributed by atoms with Gasteiger partial charge in [0.25, 0.3) is 11.8 Å². The maximum Gasteiger partial charge on any atom is 0.272 e. The van der Waals surface area contributed by atoms with Crippen molar-refractivity contribution in [3.05, 3.63) is 145 Å². The van der Waals surface area contributed by atoms with Crippen molar-refractivity contribution in [2.45, 2.75) is 25.8 Å². The molecule has 0 saturated carbocycles. The van der Waals surface area contributed by atoms with Gasteiger partial charge in [-0.1, -0.05) is 54.6 Å². The molecule has 1 fully saturated rings. The molecular weight excluding hydrogens is 677 g/mol. The van der Waals surface area contributed by atoms with E-state index in [0.29, 0.717) is 17.9 Å². The summed E-state index contributed by atoms with van der Waals surface area (Å²) in [6, 6.07) is 32.6. The Kier molecular flexibility index (Phi) is 11.1. The number of aromatic nitrogens is 4. The van der Waals surface area contributed by atoms with Gasteiger partial charge in [-0.05, 0) is 84.5 Å². The van der Waals surface area contributed by atoms with Crippen LogP contribution in [0.2, 0.25) is 0 Å². The molecule has 10 heteroatoms. The number of hydrogen-bond donors (Lipinski definition) is 1. The number of rotatable bonds is 8. The van der Waals surface area contributed by atoms with Gasteiger partial charge in [0.15, 0.2) is 0 Å². The number of ether oxygens (including phenoxy) is 2. The molecule has 54 heavy (non-hydrogen) atoms. The van der Waals surface area contributed by atoms with Crippen LogP contribution >= 0.6 is 0 Å². The Morgan fingerprint density at radius 2 is 1.13 bits per heavy atom. The first-order chi connectivity index (χ1) is 26.5. The highest BCUT2D eigenvalue weighted by Gasteiger charge is 2.20. The highest BCUT2D eigenvalue weighted by Crippen LogP contribution is 2.30. The smallest absolute Gasteiger partial charge is 0.272 e. The summed E-state index contributed by atoms with van der Waals surface area (Å²) < 4.78 is 10.5. The number of piperidine rings is 1. The lowest BCUT2D eigenvalue weighted by molar-refractivity contribution is 0.0718. The average Bonchev–Trinajstić information content (AvgIpc) is 3.25. The van der Waals surface area contributed by atoms with Crippen molar-refractivity contribution < 1.29 is 19.1 Å². The van der Waals surface area contributed by atoms with Crippen molar-refractivity contribution in [1.82, 2.24) is 30.2 Å². The van der Waals surface area contributed by atoms with Gasteiger partial charge in [0.05, 0.1) is 25.3 Å². The Morgan fingerprint density at radius 1 is 0.611 bits per heavy atom. The number of fused-ring (bicyclic) bond motifs is 2. The van der Waals surface area contributed by atoms with E-state index in [1.807, 2.05) is 95.9 Å². The normalized spacial score (nSPS) is 12.4. The van der Waals surface area contributed by atoms with Gasteiger partial charge < -0.3 is 19.7 Å².